The summed E-state index contributed by atoms with van der Waals surface area (Å²) in [6.45, 7) is 12.9. The van der Waals surface area contributed by atoms with E-state index in [0.717, 1.165) is 43.9 Å². The Morgan fingerprint density at radius 2 is 1.96 bits per heavy atom. The molecule has 2 atom stereocenters. The molecule has 1 heterocycles. The van der Waals surface area contributed by atoms with Gasteiger partial charge >= 0.3 is 5.97 Å². The highest BCUT2D eigenvalue weighted by atomic mass is 16.5. The number of carboxylic acids is 1. The predicted molar refractivity (Wildman–Crippen MR) is 100 cm³/mol. The van der Waals surface area contributed by atoms with E-state index < -0.39 is 12.0 Å². The van der Waals surface area contributed by atoms with E-state index in [0.29, 0.717) is 12.5 Å². The lowest BCUT2D eigenvalue weighted by Crippen LogP contribution is -2.54. The summed E-state index contributed by atoms with van der Waals surface area (Å²) in [5.41, 5.74) is 0.820. The number of aliphatic carboxylic acids is 1. The first-order chi connectivity index (χ1) is 11.9. The normalized spacial score (nSPS) is 20.6. The first-order valence-corrected chi connectivity index (χ1v) is 9.36. The van der Waals surface area contributed by atoms with Gasteiger partial charge in [0.25, 0.3) is 0 Å². The maximum absolute atomic E-state index is 12.0. The first-order valence-electron chi connectivity index (χ1n) is 9.36. The van der Waals surface area contributed by atoms with Crippen LogP contribution in [0, 0.1) is 5.92 Å². The predicted octanol–water partition coefficient (Wildman–Crippen LogP) is 3.26. The second kappa shape index (κ2) is 9.20. The number of hydrogen-bond acceptors (Lipinski definition) is 4. The zero-order chi connectivity index (χ0) is 18.4. The number of carbonyl (C=O) groups is 1. The van der Waals surface area contributed by atoms with Crippen LogP contribution in [0.2, 0.25) is 0 Å². The molecule has 1 saturated heterocycles. The van der Waals surface area contributed by atoms with Crippen molar-refractivity contribution in [1.29, 1.82) is 0 Å². The van der Waals surface area contributed by atoms with Gasteiger partial charge in [0.2, 0.25) is 0 Å². The Hall–Kier alpha value is -1.59. The molecule has 1 aromatic carbocycles. The van der Waals surface area contributed by atoms with Gasteiger partial charge < -0.3 is 14.7 Å². The molecule has 0 saturated carbocycles. The van der Waals surface area contributed by atoms with Crippen molar-refractivity contribution in [3.63, 3.8) is 0 Å². The molecule has 0 aliphatic carbocycles. The molecule has 1 aliphatic heterocycles. The molecular formula is C20H32N2O3. The average Bonchev–Trinajstić information content (AvgIpc) is 2.56. The molecule has 140 valence electrons. The van der Waals surface area contributed by atoms with Crippen LogP contribution in [0.1, 0.15) is 45.7 Å². The quantitative estimate of drug-likeness (QED) is 0.781. The van der Waals surface area contributed by atoms with Crippen LogP contribution in [0.3, 0.4) is 0 Å². The topological polar surface area (TPSA) is 53.0 Å². The van der Waals surface area contributed by atoms with Crippen LogP contribution in [0.15, 0.2) is 24.3 Å². The van der Waals surface area contributed by atoms with E-state index in [4.69, 9.17) is 4.74 Å². The Labute approximate surface area is 151 Å². The van der Waals surface area contributed by atoms with Crippen molar-refractivity contribution in [3.8, 4) is 5.75 Å². The molecular weight excluding hydrogens is 316 g/mol. The smallest absolute Gasteiger partial charge is 0.325 e. The van der Waals surface area contributed by atoms with Crippen LogP contribution >= 0.6 is 0 Å². The molecule has 1 fully saturated rings. The minimum absolute atomic E-state index is 0.221. The fourth-order valence-corrected chi connectivity index (χ4v) is 3.44. The summed E-state index contributed by atoms with van der Waals surface area (Å²) < 4.78 is 5.70. The minimum Gasteiger partial charge on any atom is -0.493 e. The van der Waals surface area contributed by atoms with Crippen molar-refractivity contribution in [1.82, 2.24) is 9.80 Å². The van der Waals surface area contributed by atoms with Gasteiger partial charge in [-0.2, -0.15) is 0 Å². The molecule has 0 amide bonds. The van der Waals surface area contributed by atoms with Crippen molar-refractivity contribution >= 4 is 5.97 Å². The van der Waals surface area contributed by atoms with Crippen LogP contribution in [0.5, 0.6) is 5.75 Å². The second-order valence-corrected chi connectivity index (χ2v) is 7.40. The van der Waals surface area contributed by atoms with Gasteiger partial charge in [0, 0.05) is 25.7 Å². The molecule has 2 unspecified atom stereocenters. The molecule has 1 aromatic rings. The van der Waals surface area contributed by atoms with Crippen LogP contribution in [0.25, 0.3) is 0 Å². The minimum atomic E-state index is -0.786. The van der Waals surface area contributed by atoms with Gasteiger partial charge in [0.05, 0.1) is 6.61 Å². The van der Waals surface area contributed by atoms with Gasteiger partial charge in [-0.05, 0) is 43.5 Å². The maximum Gasteiger partial charge on any atom is 0.325 e. The Kier molecular flexibility index (Phi) is 7.26. The Morgan fingerprint density at radius 1 is 1.28 bits per heavy atom. The number of benzene rings is 1. The highest BCUT2D eigenvalue weighted by Gasteiger charge is 2.34. The molecule has 2 rings (SSSR count). The van der Waals surface area contributed by atoms with Crippen molar-refractivity contribution in [3.05, 3.63) is 29.8 Å². The summed E-state index contributed by atoms with van der Waals surface area (Å²) in [6.07, 6.45) is 1.13. The van der Waals surface area contributed by atoms with Gasteiger partial charge in [0.15, 0.2) is 0 Å². The number of rotatable bonds is 8. The summed E-state index contributed by atoms with van der Waals surface area (Å²) in [7, 11) is 0. The number of hydrogen-bond donors (Lipinski definition) is 1. The molecule has 5 heteroatoms. The summed E-state index contributed by atoms with van der Waals surface area (Å²) in [6, 6.07) is 7.16. The summed E-state index contributed by atoms with van der Waals surface area (Å²) >= 11 is 0. The number of ether oxygens (including phenoxy) is 1. The van der Waals surface area contributed by atoms with Crippen molar-refractivity contribution in [2.75, 3.05) is 32.8 Å². The zero-order valence-electron chi connectivity index (χ0n) is 15.9. The van der Waals surface area contributed by atoms with Crippen LogP contribution in [-0.2, 0) is 4.79 Å². The van der Waals surface area contributed by atoms with E-state index in [1.54, 1.807) is 0 Å². The molecule has 0 radical (unpaired) electrons. The lowest BCUT2D eigenvalue weighted by Gasteiger charge is -2.42. The van der Waals surface area contributed by atoms with Crippen LogP contribution in [0.4, 0.5) is 0 Å². The highest BCUT2D eigenvalue weighted by Crippen LogP contribution is 2.27. The van der Waals surface area contributed by atoms with Gasteiger partial charge in [0.1, 0.15) is 11.8 Å². The fourth-order valence-electron chi connectivity index (χ4n) is 3.44. The van der Waals surface area contributed by atoms with E-state index >= 15 is 0 Å². The molecule has 0 bridgehead atoms. The lowest BCUT2D eigenvalue weighted by atomic mass is 10.0. The summed E-state index contributed by atoms with van der Waals surface area (Å²) in [4.78, 5) is 16.5. The molecule has 0 spiro atoms. The fraction of sp³-hybridized carbons (Fsp3) is 0.650. The standard InChI is InChI=1S/C20H32N2O3/c1-5-10-21-11-12-22(16(4)13-21)19(20(23)24)17-6-8-18(9-7-17)25-14-15(2)3/h6-9,15-16,19H,5,10-14H2,1-4H3,(H,23,24). The Balaban J connectivity index is 2.09. The lowest BCUT2D eigenvalue weighted by molar-refractivity contribution is -0.145. The van der Waals surface area contributed by atoms with Gasteiger partial charge in [-0.1, -0.05) is 32.9 Å². The third-order valence-electron chi connectivity index (χ3n) is 4.65. The number of carboxylic acid groups (broad SMARTS) is 1. The van der Waals surface area contributed by atoms with Crippen LogP contribution in [-0.4, -0.2) is 59.7 Å². The third kappa shape index (κ3) is 5.44. The monoisotopic (exact) mass is 348 g/mol. The van der Waals surface area contributed by atoms with E-state index in [9.17, 15) is 9.90 Å². The molecule has 1 N–H and O–H groups in total. The molecule has 1 aliphatic rings. The average molecular weight is 348 g/mol. The third-order valence-corrected chi connectivity index (χ3v) is 4.65. The molecule has 0 aromatic heterocycles. The summed E-state index contributed by atoms with van der Waals surface area (Å²) in [5, 5.41) is 9.82. The largest absolute Gasteiger partial charge is 0.493 e. The highest BCUT2D eigenvalue weighted by molar-refractivity contribution is 5.75. The van der Waals surface area contributed by atoms with E-state index in [-0.39, 0.29) is 6.04 Å². The molecule has 5 nitrogen and oxygen atoms in total. The van der Waals surface area contributed by atoms with E-state index in [2.05, 4.69) is 37.5 Å². The summed E-state index contributed by atoms with van der Waals surface area (Å²) in [5.74, 6) is 0.473. The number of nitrogens with zero attached hydrogens (tertiary/aromatic N) is 2. The zero-order valence-corrected chi connectivity index (χ0v) is 15.9. The van der Waals surface area contributed by atoms with Gasteiger partial charge in [-0.15, -0.1) is 0 Å². The first kappa shape index (κ1) is 19.7. The van der Waals surface area contributed by atoms with E-state index in [1.807, 2.05) is 24.3 Å². The Bertz CT molecular complexity index is 544. The van der Waals surface area contributed by atoms with Gasteiger partial charge in [-0.25, -0.2) is 0 Å². The van der Waals surface area contributed by atoms with Gasteiger partial charge in [-0.3, -0.25) is 9.69 Å². The van der Waals surface area contributed by atoms with Crippen molar-refractivity contribution < 1.29 is 14.6 Å². The second-order valence-electron chi connectivity index (χ2n) is 7.40. The van der Waals surface area contributed by atoms with E-state index in [1.165, 1.54) is 0 Å². The van der Waals surface area contributed by atoms with Crippen molar-refractivity contribution in [2.45, 2.75) is 46.2 Å². The Morgan fingerprint density at radius 3 is 2.48 bits per heavy atom. The van der Waals surface area contributed by atoms with Crippen molar-refractivity contribution in [2.24, 2.45) is 5.92 Å². The van der Waals surface area contributed by atoms with Crippen LogP contribution < -0.4 is 4.74 Å². The maximum atomic E-state index is 12.0. The SMILES string of the molecule is CCCN1CCN(C(C(=O)O)c2ccc(OCC(C)C)cc2)C(C)C1. The molecule has 25 heavy (non-hydrogen) atoms. The number of piperazine rings is 1.